The van der Waals surface area contributed by atoms with Crippen LogP contribution in [0, 0.1) is 0 Å². The number of halogens is 6. The molecule has 0 rings (SSSR count). The molecule has 0 radical (unpaired) electrons. The molecule has 0 bridgehead atoms. The average molecular weight is 237 g/mol. The van der Waals surface area contributed by atoms with Crippen molar-refractivity contribution in [2.24, 2.45) is 0 Å². The maximum absolute atomic E-state index is 10.9. The third-order valence-electron chi connectivity index (χ3n) is 0.223. The second-order valence-corrected chi connectivity index (χ2v) is 5.34. The Morgan fingerprint density at radius 1 is 1.10 bits per heavy atom. The molecule has 64 valence electrons. The molecule has 0 saturated heterocycles. The summed E-state index contributed by atoms with van der Waals surface area (Å²) in [5.41, 5.74) is 0. The van der Waals surface area contributed by atoms with Gasteiger partial charge in [-0.15, -0.1) is 0 Å². The Morgan fingerprint density at radius 2 is 1.40 bits per heavy atom. The molecule has 0 atom stereocenters. The zero-order valence-corrected chi connectivity index (χ0v) is 5.71. The molecule has 10 heavy (non-hydrogen) atoms. The summed E-state index contributed by atoms with van der Waals surface area (Å²) in [4.78, 5) is 8.82. The Morgan fingerprint density at radius 3 is 1.40 bits per heavy atom. The predicted molar refractivity (Wildman–Crippen MR) is 18.9 cm³/mol. The van der Waals surface area contributed by atoms with Crippen LogP contribution in [0.5, 0.6) is 0 Å². The average Bonchev–Trinajstić information content (AvgIpc) is 1.12. The Bertz CT molecular complexity index is 163. The zero-order chi connectivity index (χ0) is 8.69. The van der Waals surface area contributed by atoms with Crippen LogP contribution in [-0.2, 0) is 3.82 Å². The number of rotatable bonds is 1. The van der Waals surface area contributed by atoms with Crippen LogP contribution in [0.15, 0.2) is 0 Å². The first-order valence-corrected chi connectivity index (χ1v) is 5.47. The van der Waals surface area contributed by atoms with E-state index in [0.717, 1.165) is 0 Å². The molecule has 0 fully saturated rings. The van der Waals surface area contributed by atoms with Gasteiger partial charge in [0.05, 0.1) is 0 Å². The number of carbonyl (C=O) groups is 1. The standard InChI is InChI=1S/CF6O2Se/c2-1(8)9-10(3,4,5,6)7. The van der Waals surface area contributed by atoms with Crippen LogP contribution in [-0.4, -0.2) is 19.6 Å². The van der Waals surface area contributed by atoms with E-state index in [0.29, 0.717) is 0 Å². The van der Waals surface area contributed by atoms with Gasteiger partial charge in [0.1, 0.15) is 0 Å². The summed E-state index contributed by atoms with van der Waals surface area (Å²) in [6.45, 7) is 0. The van der Waals surface area contributed by atoms with Crippen molar-refractivity contribution >= 4 is 19.6 Å². The molecule has 0 heterocycles. The number of hydrogen-bond acceptors (Lipinski definition) is 2. The zero-order valence-electron chi connectivity index (χ0n) is 3.99. The molecule has 0 saturated carbocycles. The van der Waals surface area contributed by atoms with Gasteiger partial charge in [-0.05, 0) is 0 Å². The first-order chi connectivity index (χ1) is 3.89. The van der Waals surface area contributed by atoms with Gasteiger partial charge in [-0.1, -0.05) is 0 Å². The summed E-state index contributed by atoms with van der Waals surface area (Å²) < 4.78 is 66.2. The second kappa shape index (κ2) is 1.42. The SMILES string of the molecule is O=C(F)O[Se](F)(F)(F)(F)F. The molecule has 9 heteroatoms. The molecular weight excluding hydrogens is 237 g/mol. The Kier molecular flexibility index (Phi) is 1.36. The van der Waals surface area contributed by atoms with Crippen molar-refractivity contribution in [1.82, 2.24) is 0 Å². The minimum atomic E-state index is -10.9. The van der Waals surface area contributed by atoms with E-state index in [2.05, 4.69) is 0 Å². The van der Waals surface area contributed by atoms with Crippen molar-refractivity contribution in [3.8, 4) is 0 Å². The van der Waals surface area contributed by atoms with Gasteiger partial charge in [0, 0.05) is 0 Å². The van der Waals surface area contributed by atoms with E-state index in [1.807, 2.05) is 0 Å². The van der Waals surface area contributed by atoms with Gasteiger partial charge in [0.25, 0.3) is 0 Å². The summed E-state index contributed by atoms with van der Waals surface area (Å²) >= 11 is -10.9. The van der Waals surface area contributed by atoms with Crippen molar-refractivity contribution in [2.75, 3.05) is 0 Å². The Labute approximate surface area is 51.3 Å². The van der Waals surface area contributed by atoms with E-state index >= 15 is 0 Å². The fourth-order valence-electron chi connectivity index (χ4n) is 0.124. The second-order valence-electron chi connectivity index (χ2n) is 1.22. The Hall–Kier alpha value is -0.431. The maximum atomic E-state index is 10.8. The molecule has 0 aliphatic rings. The Balaban J connectivity index is 4.59. The molecule has 0 N–H and O–H groups in total. The van der Waals surface area contributed by atoms with Crippen LogP contribution in [0.4, 0.5) is 26.9 Å². The van der Waals surface area contributed by atoms with E-state index in [1.165, 1.54) is 3.82 Å². The quantitative estimate of drug-likeness (QED) is 0.397. The first-order valence-electron chi connectivity index (χ1n) is 1.54. The molecule has 0 amide bonds. The van der Waals surface area contributed by atoms with Crippen LogP contribution in [0.3, 0.4) is 0 Å². The number of hydrogen-bond donors (Lipinski definition) is 0. The topological polar surface area (TPSA) is 26.3 Å². The summed E-state index contributed by atoms with van der Waals surface area (Å²) in [7, 11) is 0. The molecule has 2 nitrogen and oxygen atoms in total. The van der Waals surface area contributed by atoms with Crippen LogP contribution in [0.25, 0.3) is 0 Å². The fraction of sp³-hybridized carbons (Fsp3) is 0. The first kappa shape index (κ1) is 9.57. The third-order valence-corrected chi connectivity index (χ3v) is 1.16. The van der Waals surface area contributed by atoms with E-state index in [1.54, 1.807) is 0 Å². The summed E-state index contributed by atoms with van der Waals surface area (Å²) in [6, 6.07) is 0. The molecule has 0 aliphatic carbocycles. The van der Waals surface area contributed by atoms with Crippen LogP contribution in [0.1, 0.15) is 0 Å². The van der Waals surface area contributed by atoms with Gasteiger partial charge < -0.3 is 0 Å². The fourth-order valence-corrected chi connectivity index (χ4v) is 0.643. The molecular formula is CF6O2Se. The van der Waals surface area contributed by atoms with Crippen LogP contribution >= 0.6 is 0 Å². The molecule has 0 aromatic rings. The molecule has 0 aliphatic heterocycles. The van der Waals surface area contributed by atoms with Crippen molar-refractivity contribution in [2.45, 2.75) is 0 Å². The molecule has 0 spiro atoms. The van der Waals surface area contributed by atoms with Gasteiger partial charge in [0.15, 0.2) is 0 Å². The van der Waals surface area contributed by atoms with E-state index in [-0.39, 0.29) is 0 Å². The van der Waals surface area contributed by atoms with E-state index in [9.17, 15) is 22.2 Å². The monoisotopic (exact) mass is 238 g/mol. The van der Waals surface area contributed by atoms with Crippen molar-refractivity contribution in [3.63, 3.8) is 0 Å². The van der Waals surface area contributed by atoms with E-state index in [4.69, 9.17) is 4.79 Å². The van der Waals surface area contributed by atoms with Gasteiger partial charge >= 0.3 is 50.3 Å². The van der Waals surface area contributed by atoms with Gasteiger partial charge in [-0.3, -0.25) is 0 Å². The molecule has 0 aromatic heterocycles. The van der Waals surface area contributed by atoms with Crippen LogP contribution < -0.4 is 0 Å². The molecule has 0 aromatic carbocycles. The van der Waals surface area contributed by atoms with Crippen molar-refractivity contribution < 1.29 is 30.8 Å². The predicted octanol–water partition coefficient (Wildman–Crippen LogP) is 2.28. The van der Waals surface area contributed by atoms with E-state index < -0.39 is 19.6 Å². The van der Waals surface area contributed by atoms with Crippen molar-refractivity contribution in [3.05, 3.63) is 0 Å². The number of carbonyl (C=O) groups excluding carboxylic acids is 1. The minimum absolute atomic E-state index is 1.34. The summed E-state index contributed by atoms with van der Waals surface area (Å²) in [5, 5.41) is 0. The van der Waals surface area contributed by atoms with Gasteiger partial charge in [0.2, 0.25) is 0 Å². The van der Waals surface area contributed by atoms with Crippen LogP contribution in [0.2, 0.25) is 0 Å². The van der Waals surface area contributed by atoms with Gasteiger partial charge in [-0.2, -0.15) is 0 Å². The third kappa shape index (κ3) is 7.57. The normalized spacial score (nSPS) is 19.0. The summed E-state index contributed by atoms with van der Waals surface area (Å²) in [5.74, 6) is 0. The summed E-state index contributed by atoms with van der Waals surface area (Å²) in [6.07, 6.45) is -3.55. The van der Waals surface area contributed by atoms with Gasteiger partial charge in [-0.25, -0.2) is 0 Å². The van der Waals surface area contributed by atoms with Crippen molar-refractivity contribution in [1.29, 1.82) is 0 Å². The molecule has 0 unspecified atom stereocenters.